The normalized spacial score (nSPS) is 14.5. The van der Waals surface area contributed by atoms with Gasteiger partial charge >= 0.3 is 5.63 Å². The Labute approximate surface area is 198 Å². The number of rotatable bonds is 8. The summed E-state index contributed by atoms with van der Waals surface area (Å²) in [5, 5.41) is 10.7. The van der Waals surface area contributed by atoms with Crippen LogP contribution in [0.2, 0.25) is 0 Å². The van der Waals surface area contributed by atoms with Crippen molar-refractivity contribution in [2.45, 2.75) is 29.6 Å². The lowest BCUT2D eigenvalue weighted by atomic mass is 10.0. The van der Waals surface area contributed by atoms with E-state index < -0.39 is 5.63 Å². The van der Waals surface area contributed by atoms with Gasteiger partial charge in [0.05, 0.1) is 13.2 Å². The fourth-order valence-electron chi connectivity index (χ4n) is 3.72. The van der Waals surface area contributed by atoms with Crippen molar-refractivity contribution in [3.63, 3.8) is 0 Å². The Kier molecular flexibility index (Phi) is 7.75. The van der Waals surface area contributed by atoms with E-state index in [0.29, 0.717) is 29.6 Å². The lowest BCUT2D eigenvalue weighted by molar-refractivity contribution is 0.0322. The van der Waals surface area contributed by atoms with Crippen molar-refractivity contribution in [3.8, 4) is 22.8 Å². The highest BCUT2D eigenvalue weighted by Crippen LogP contribution is 2.38. The zero-order chi connectivity index (χ0) is 23.2. The first-order chi connectivity index (χ1) is 16.0. The Morgan fingerprint density at radius 2 is 1.88 bits per heavy atom. The van der Waals surface area contributed by atoms with Crippen LogP contribution in [0.15, 0.2) is 73.6 Å². The van der Waals surface area contributed by atoms with Crippen LogP contribution in [0.3, 0.4) is 0 Å². The molecular formula is C26H29NO5S. The van der Waals surface area contributed by atoms with Crippen LogP contribution in [0.5, 0.6) is 11.5 Å². The number of morpholine rings is 1. The summed E-state index contributed by atoms with van der Waals surface area (Å²) in [4.78, 5) is 16.2. The smallest absolute Gasteiger partial charge is 0.354 e. The van der Waals surface area contributed by atoms with E-state index in [0.717, 1.165) is 43.3 Å². The fourth-order valence-corrected chi connectivity index (χ4v) is 4.80. The number of benzene rings is 2. The van der Waals surface area contributed by atoms with Crippen molar-refractivity contribution < 1.29 is 19.0 Å². The second-order valence-electron chi connectivity index (χ2n) is 8.24. The summed E-state index contributed by atoms with van der Waals surface area (Å²) in [5.41, 5.74) is 1.23. The maximum Gasteiger partial charge on any atom is 0.354 e. The maximum atomic E-state index is 12.8. The molecule has 0 radical (unpaired) electrons. The van der Waals surface area contributed by atoms with Gasteiger partial charge in [-0.2, -0.15) is 0 Å². The van der Waals surface area contributed by atoms with Crippen molar-refractivity contribution in [2.75, 3.05) is 39.5 Å². The Balaban J connectivity index is 1.49. The van der Waals surface area contributed by atoms with E-state index in [4.69, 9.17) is 13.9 Å². The Hall–Kier alpha value is -2.74. The van der Waals surface area contributed by atoms with E-state index in [9.17, 15) is 9.90 Å². The molecule has 0 saturated carbocycles. The molecule has 1 aliphatic rings. The first-order valence-corrected chi connectivity index (χ1v) is 12.0. The van der Waals surface area contributed by atoms with Crippen LogP contribution in [0.25, 0.3) is 11.3 Å². The van der Waals surface area contributed by atoms with Crippen molar-refractivity contribution in [2.24, 2.45) is 0 Å². The third-order valence-electron chi connectivity index (χ3n) is 5.54. The molecule has 1 aliphatic heterocycles. The van der Waals surface area contributed by atoms with Gasteiger partial charge in [0.1, 0.15) is 28.8 Å². The minimum absolute atomic E-state index is 0.0940. The van der Waals surface area contributed by atoms with Crippen molar-refractivity contribution in [1.82, 2.24) is 4.90 Å². The summed E-state index contributed by atoms with van der Waals surface area (Å²) < 4.78 is 16.9. The molecule has 0 amide bonds. The van der Waals surface area contributed by atoms with Crippen LogP contribution >= 0.6 is 11.8 Å². The van der Waals surface area contributed by atoms with Crippen LogP contribution in [-0.4, -0.2) is 49.5 Å². The van der Waals surface area contributed by atoms with Crippen LogP contribution in [0.1, 0.15) is 25.3 Å². The number of nitrogens with zero attached hydrogens (tertiary/aromatic N) is 1. The molecule has 174 valence electrons. The number of hydrogen-bond acceptors (Lipinski definition) is 7. The van der Waals surface area contributed by atoms with Gasteiger partial charge in [0.15, 0.2) is 0 Å². The van der Waals surface area contributed by atoms with E-state index >= 15 is 0 Å². The van der Waals surface area contributed by atoms with Gasteiger partial charge in [-0.05, 0) is 29.7 Å². The molecule has 1 fully saturated rings. The molecule has 0 bridgehead atoms. The molecule has 0 aliphatic carbocycles. The third kappa shape index (κ3) is 5.99. The third-order valence-corrected chi connectivity index (χ3v) is 6.71. The van der Waals surface area contributed by atoms with Crippen LogP contribution in [0.4, 0.5) is 0 Å². The number of aromatic hydroxyl groups is 1. The summed E-state index contributed by atoms with van der Waals surface area (Å²) in [6.45, 7) is 8.93. The van der Waals surface area contributed by atoms with Crippen LogP contribution in [-0.2, 0) is 4.74 Å². The van der Waals surface area contributed by atoms with Gasteiger partial charge in [-0.15, -0.1) is 0 Å². The minimum atomic E-state index is -0.563. The monoisotopic (exact) mass is 467 g/mol. The van der Waals surface area contributed by atoms with Gasteiger partial charge in [0.2, 0.25) is 0 Å². The minimum Gasteiger partial charge on any atom is -0.506 e. The molecule has 0 spiro atoms. The van der Waals surface area contributed by atoms with Crippen molar-refractivity contribution >= 4 is 11.8 Å². The Bertz CT molecular complexity index is 1140. The molecule has 6 nitrogen and oxygen atoms in total. The zero-order valence-electron chi connectivity index (χ0n) is 19.0. The molecule has 0 atom stereocenters. The molecule has 4 rings (SSSR count). The SMILES string of the molecule is CC(C)c1ccccc1Sc1c(O)cc(-c2cccc(OCCN3CCOCC3)c2)oc1=O. The second kappa shape index (κ2) is 10.9. The van der Waals surface area contributed by atoms with Crippen molar-refractivity contribution in [1.29, 1.82) is 0 Å². The standard InChI is InChI=1S/C26H29NO5S/c1-18(2)21-8-3-4-9-24(21)33-25-22(28)17-23(32-26(25)29)19-6-5-7-20(16-19)31-15-12-27-10-13-30-14-11-27/h3-9,16-18,28H,10-15H2,1-2H3. The van der Waals surface area contributed by atoms with Gasteiger partial charge < -0.3 is 19.0 Å². The largest absolute Gasteiger partial charge is 0.506 e. The molecule has 0 unspecified atom stereocenters. The average Bonchev–Trinajstić information content (AvgIpc) is 2.82. The first kappa shape index (κ1) is 23.4. The summed E-state index contributed by atoms with van der Waals surface area (Å²) in [7, 11) is 0. The lowest BCUT2D eigenvalue weighted by Crippen LogP contribution is -2.38. The van der Waals surface area contributed by atoms with E-state index in [1.54, 1.807) is 0 Å². The lowest BCUT2D eigenvalue weighted by Gasteiger charge is -2.26. The second-order valence-corrected chi connectivity index (χ2v) is 9.29. The molecule has 1 aromatic heterocycles. The highest BCUT2D eigenvalue weighted by molar-refractivity contribution is 7.99. The highest BCUT2D eigenvalue weighted by Gasteiger charge is 2.17. The molecule has 2 heterocycles. The van der Waals surface area contributed by atoms with Gasteiger partial charge in [0, 0.05) is 36.2 Å². The molecule has 7 heteroatoms. The Morgan fingerprint density at radius 3 is 2.64 bits per heavy atom. The predicted molar refractivity (Wildman–Crippen MR) is 129 cm³/mol. The highest BCUT2D eigenvalue weighted by atomic mass is 32.2. The predicted octanol–water partition coefficient (Wildman–Crippen LogP) is 5.00. The molecule has 1 saturated heterocycles. The molecule has 1 N–H and O–H groups in total. The van der Waals surface area contributed by atoms with Crippen LogP contribution in [0, 0.1) is 0 Å². The van der Waals surface area contributed by atoms with E-state index in [-0.39, 0.29) is 10.6 Å². The summed E-state index contributed by atoms with van der Waals surface area (Å²) in [6.07, 6.45) is 0. The topological polar surface area (TPSA) is 72.1 Å². The molecular weight excluding hydrogens is 438 g/mol. The quantitative estimate of drug-likeness (QED) is 0.500. The maximum absolute atomic E-state index is 12.8. The van der Waals surface area contributed by atoms with Gasteiger partial charge in [0.25, 0.3) is 0 Å². The van der Waals surface area contributed by atoms with Gasteiger partial charge in [-0.1, -0.05) is 55.9 Å². The van der Waals surface area contributed by atoms with Gasteiger partial charge in [-0.3, -0.25) is 4.90 Å². The van der Waals surface area contributed by atoms with E-state index in [2.05, 4.69) is 18.7 Å². The summed E-state index contributed by atoms with van der Waals surface area (Å²) in [6, 6.07) is 16.7. The Morgan fingerprint density at radius 1 is 1.09 bits per heavy atom. The first-order valence-electron chi connectivity index (χ1n) is 11.2. The summed E-state index contributed by atoms with van der Waals surface area (Å²) >= 11 is 1.23. The van der Waals surface area contributed by atoms with Gasteiger partial charge in [-0.25, -0.2) is 4.79 Å². The molecule has 3 aromatic rings. The fraction of sp³-hybridized carbons (Fsp3) is 0.346. The van der Waals surface area contributed by atoms with Crippen LogP contribution < -0.4 is 10.4 Å². The number of ether oxygens (including phenoxy) is 2. The zero-order valence-corrected chi connectivity index (χ0v) is 19.8. The summed E-state index contributed by atoms with van der Waals surface area (Å²) in [5.74, 6) is 1.20. The number of hydrogen-bond donors (Lipinski definition) is 1. The molecule has 33 heavy (non-hydrogen) atoms. The van der Waals surface area contributed by atoms with Crippen molar-refractivity contribution in [3.05, 3.63) is 70.6 Å². The average molecular weight is 468 g/mol. The van der Waals surface area contributed by atoms with E-state index in [1.807, 2.05) is 48.5 Å². The van der Waals surface area contributed by atoms with E-state index in [1.165, 1.54) is 17.8 Å². The molecule has 2 aromatic carbocycles.